The summed E-state index contributed by atoms with van der Waals surface area (Å²) in [5.41, 5.74) is 4.51. The van der Waals surface area contributed by atoms with Gasteiger partial charge in [-0.15, -0.1) is 0 Å². The smallest absolute Gasteiger partial charge is 0.267 e. The van der Waals surface area contributed by atoms with E-state index in [2.05, 4.69) is 41.6 Å². The Balaban J connectivity index is 1.34. The average molecular weight is 452 g/mol. The van der Waals surface area contributed by atoms with Crippen LogP contribution in [0.1, 0.15) is 71.1 Å². The van der Waals surface area contributed by atoms with Crippen LogP contribution in [0.4, 0.5) is 10.8 Å². The molecule has 0 spiro atoms. The third-order valence-electron chi connectivity index (χ3n) is 8.41. The summed E-state index contributed by atoms with van der Waals surface area (Å²) in [6.45, 7) is 10.2. The normalized spacial score (nSPS) is 30.4. The molecule has 2 aromatic rings. The lowest BCUT2D eigenvalue weighted by atomic mass is 9.45. The first kappa shape index (κ1) is 21.6. The van der Waals surface area contributed by atoms with Crippen LogP contribution in [0, 0.1) is 56.8 Å². The molecular formula is C26H33N3O2S. The van der Waals surface area contributed by atoms with E-state index in [0.717, 1.165) is 29.7 Å². The molecule has 4 saturated carbocycles. The molecule has 0 radical (unpaired) electrons. The number of nitrogens with zero attached hydrogens (tertiary/aromatic N) is 1. The van der Waals surface area contributed by atoms with Crippen LogP contribution in [0.25, 0.3) is 0 Å². The van der Waals surface area contributed by atoms with Crippen molar-refractivity contribution in [3.8, 4) is 0 Å². The van der Waals surface area contributed by atoms with E-state index in [1.54, 1.807) is 0 Å². The topological polar surface area (TPSA) is 71.1 Å². The second-order valence-electron chi connectivity index (χ2n) is 10.7. The summed E-state index contributed by atoms with van der Waals surface area (Å²) in [5, 5.41) is 6.73. The standard InChI is InChI=1S/C26H33N3O2S/c1-13-6-14(2)21(15(3)7-13)28-23(30)22-17(5)27-25(32-22)29-24(31)26-11-18-8-19(12-26)10-20(9-18)16(26)4/h6-7,16,18-20H,8-12H2,1-5H3,(H,28,30)(H,27,29,31)/t16?,18-,19?,20?,26?/m1/s1. The third kappa shape index (κ3) is 3.47. The first-order valence-corrected chi connectivity index (χ1v) is 12.7. The highest BCUT2D eigenvalue weighted by molar-refractivity contribution is 7.17. The highest BCUT2D eigenvalue weighted by Crippen LogP contribution is 2.63. The largest absolute Gasteiger partial charge is 0.321 e. The number of nitrogens with one attached hydrogen (secondary N) is 2. The van der Waals surface area contributed by atoms with Crippen molar-refractivity contribution in [1.82, 2.24) is 4.98 Å². The Bertz CT molecular complexity index is 1070. The number of hydrogen-bond acceptors (Lipinski definition) is 4. The fourth-order valence-electron chi connectivity index (χ4n) is 7.12. The van der Waals surface area contributed by atoms with Gasteiger partial charge >= 0.3 is 0 Å². The van der Waals surface area contributed by atoms with E-state index in [-0.39, 0.29) is 17.2 Å². The predicted molar refractivity (Wildman–Crippen MR) is 129 cm³/mol. The van der Waals surface area contributed by atoms with Gasteiger partial charge in [-0.1, -0.05) is 36.0 Å². The van der Waals surface area contributed by atoms with E-state index in [1.807, 2.05) is 20.8 Å². The van der Waals surface area contributed by atoms with Gasteiger partial charge in [-0.25, -0.2) is 4.98 Å². The molecule has 4 aliphatic rings. The van der Waals surface area contributed by atoms with Crippen LogP contribution in [-0.4, -0.2) is 16.8 Å². The van der Waals surface area contributed by atoms with Gasteiger partial charge in [0.05, 0.1) is 11.1 Å². The highest BCUT2D eigenvalue weighted by atomic mass is 32.1. The maximum atomic E-state index is 13.5. The lowest BCUT2D eigenvalue weighted by Gasteiger charge is -2.59. The van der Waals surface area contributed by atoms with Gasteiger partial charge in [0.1, 0.15) is 4.88 Å². The zero-order valence-corrected chi connectivity index (χ0v) is 20.5. The van der Waals surface area contributed by atoms with Gasteiger partial charge in [0.15, 0.2) is 5.13 Å². The summed E-state index contributed by atoms with van der Waals surface area (Å²) in [7, 11) is 0. The molecule has 4 unspecified atom stereocenters. The number of rotatable bonds is 4. The number of aromatic nitrogens is 1. The Morgan fingerprint density at radius 2 is 1.62 bits per heavy atom. The number of benzene rings is 1. The summed E-state index contributed by atoms with van der Waals surface area (Å²) in [6.07, 6.45) is 5.92. The minimum absolute atomic E-state index is 0.120. The second-order valence-corrected chi connectivity index (χ2v) is 11.7. The maximum Gasteiger partial charge on any atom is 0.267 e. The van der Waals surface area contributed by atoms with E-state index < -0.39 is 0 Å². The number of aryl methyl sites for hydroxylation is 4. The molecule has 6 heteroatoms. The van der Waals surface area contributed by atoms with E-state index in [4.69, 9.17) is 0 Å². The number of carbonyl (C=O) groups is 2. The summed E-state index contributed by atoms with van der Waals surface area (Å²) in [5.74, 6) is 2.47. The van der Waals surface area contributed by atoms with Crippen LogP contribution in [0.3, 0.4) is 0 Å². The molecule has 1 heterocycles. The van der Waals surface area contributed by atoms with Crippen molar-refractivity contribution in [2.24, 2.45) is 29.1 Å². The molecule has 1 aromatic carbocycles. The molecule has 1 aromatic heterocycles. The summed E-state index contributed by atoms with van der Waals surface area (Å²) >= 11 is 1.28. The zero-order chi connectivity index (χ0) is 22.8. The molecule has 32 heavy (non-hydrogen) atoms. The minimum Gasteiger partial charge on any atom is -0.321 e. The molecule has 2 amide bonds. The summed E-state index contributed by atoms with van der Waals surface area (Å²) in [4.78, 5) is 31.7. The van der Waals surface area contributed by atoms with E-state index >= 15 is 0 Å². The summed E-state index contributed by atoms with van der Waals surface area (Å²) in [6, 6.07) is 4.14. The molecule has 0 aliphatic heterocycles. The first-order chi connectivity index (χ1) is 15.2. The Hall–Kier alpha value is -2.21. The molecule has 5 nitrogen and oxygen atoms in total. The number of amides is 2. The first-order valence-electron chi connectivity index (χ1n) is 11.8. The number of carbonyl (C=O) groups excluding carboxylic acids is 2. The van der Waals surface area contributed by atoms with Gasteiger partial charge in [0.25, 0.3) is 5.91 Å². The van der Waals surface area contributed by atoms with Gasteiger partial charge in [0, 0.05) is 5.69 Å². The quantitative estimate of drug-likeness (QED) is 0.596. The van der Waals surface area contributed by atoms with Crippen LogP contribution in [0.15, 0.2) is 12.1 Å². The Morgan fingerprint density at radius 3 is 2.25 bits per heavy atom. The number of anilines is 2. The Morgan fingerprint density at radius 1 is 1.00 bits per heavy atom. The SMILES string of the molecule is Cc1cc(C)c(NC(=O)c2sc(NC(=O)C34CC5CC(C[C@@H](C5)C3)C4C)nc2C)c(C)c1. The van der Waals surface area contributed by atoms with Crippen molar-refractivity contribution in [3.05, 3.63) is 39.4 Å². The monoisotopic (exact) mass is 451 g/mol. The molecule has 0 saturated heterocycles. The fourth-order valence-corrected chi connectivity index (χ4v) is 7.97. The molecule has 4 bridgehead atoms. The number of hydrogen-bond donors (Lipinski definition) is 2. The van der Waals surface area contributed by atoms with Crippen LogP contribution in [-0.2, 0) is 4.79 Å². The van der Waals surface area contributed by atoms with Crippen molar-refractivity contribution in [3.63, 3.8) is 0 Å². The van der Waals surface area contributed by atoms with Crippen molar-refractivity contribution >= 4 is 34.0 Å². The number of thiazole rings is 1. The predicted octanol–water partition coefficient (Wildman–Crippen LogP) is 6.03. The second kappa shape index (κ2) is 7.68. The zero-order valence-electron chi connectivity index (χ0n) is 19.7. The lowest BCUT2D eigenvalue weighted by Crippen LogP contribution is -2.56. The van der Waals surface area contributed by atoms with Crippen molar-refractivity contribution in [2.75, 3.05) is 10.6 Å². The van der Waals surface area contributed by atoms with Crippen LogP contribution in [0.2, 0.25) is 0 Å². The van der Waals surface area contributed by atoms with Gasteiger partial charge in [-0.2, -0.15) is 0 Å². The van der Waals surface area contributed by atoms with Crippen molar-refractivity contribution < 1.29 is 9.59 Å². The van der Waals surface area contributed by atoms with Gasteiger partial charge < -0.3 is 10.6 Å². The molecule has 4 fully saturated rings. The van der Waals surface area contributed by atoms with Crippen LogP contribution < -0.4 is 10.6 Å². The minimum atomic E-state index is -0.257. The van der Waals surface area contributed by atoms with Gasteiger partial charge in [-0.05, 0) is 94.6 Å². The third-order valence-corrected chi connectivity index (χ3v) is 9.49. The summed E-state index contributed by atoms with van der Waals surface area (Å²) < 4.78 is 0. The fraction of sp³-hybridized carbons (Fsp3) is 0.577. The Labute approximate surface area is 194 Å². The molecule has 170 valence electrons. The van der Waals surface area contributed by atoms with Crippen LogP contribution >= 0.6 is 11.3 Å². The van der Waals surface area contributed by atoms with E-state index in [9.17, 15) is 9.59 Å². The van der Waals surface area contributed by atoms with Gasteiger partial charge in [0.2, 0.25) is 5.91 Å². The molecule has 4 aliphatic carbocycles. The highest BCUT2D eigenvalue weighted by Gasteiger charge is 2.58. The average Bonchev–Trinajstić information content (AvgIpc) is 3.08. The molecule has 2 N–H and O–H groups in total. The Kier molecular flexibility index (Phi) is 5.19. The maximum absolute atomic E-state index is 13.5. The van der Waals surface area contributed by atoms with Crippen LogP contribution in [0.5, 0.6) is 0 Å². The van der Waals surface area contributed by atoms with Crippen molar-refractivity contribution in [2.45, 2.75) is 66.7 Å². The van der Waals surface area contributed by atoms with E-state index in [0.29, 0.717) is 39.4 Å². The van der Waals surface area contributed by atoms with Gasteiger partial charge in [-0.3, -0.25) is 9.59 Å². The van der Waals surface area contributed by atoms with E-state index in [1.165, 1.54) is 36.2 Å². The molecule has 5 atom stereocenters. The lowest BCUT2D eigenvalue weighted by molar-refractivity contribution is -0.151. The molecule has 6 rings (SSSR count). The van der Waals surface area contributed by atoms with Crippen molar-refractivity contribution in [1.29, 1.82) is 0 Å². The molecular weight excluding hydrogens is 418 g/mol.